The van der Waals surface area contributed by atoms with E-state index in [0.29, 0.717) is 12.2 Å². The van der Waals surface area contributed by atoms with Gasteiger partial charge in [0.2, 0.25) is 0 Å². The Morgan fingerprint density at radius 1 is 1.15 bits per heavy atom. The van der Waals surface area contributed by atoms with Gasteiger partial charge >= 0.3 is 0 Å². The maximum atomic E-state index is 12.1. The van der Waals surface area contributed by atoms with Gasteiger partial charge in [0.05, 0.1) is 6.61 Å². The quantitative estimate of drug-likeness (QED) is 0.879. The number of nitrogens with one attached hydrogen (secondary N) is 1. The lowest BCUT2D eigenvalue weighted by atomic mass is 10.1. The molecule has 4 nitrogen and oxygen atoms in total. The van der Waals surface area contributed by atoms with Gasteiger partial charge in [-0.25, -0.2) is 0 Å². The van der Waals surface area contributed by atoms with Gasteiger partial charge in [-0.1, -0.05) is 18.2 Å². The molecule has 20 heavy (non-hydrogen) atoms. The highest BCUT2D eigenvalue weighted by Crippen LogP contribution is 2.17. The van der Waals surface area contributed by atoms with E-state index in [1.807, 2.05) is 24.3 Å². The minimum atomic E-state index is -0.199. The van der Waals surface area contributed by atoms with Gasteiger partial charge in [0.25, 0.3) is 5.91 Å². The summed E-state index contributed by atoms with van der Waals surface area (Å²) in [5.41, 5.74) is 2.31. The number of phenols is 1. The highest BCUT2D eigenvalue weighted by Gasteiger charge is 2.08. The number of carbonyl (C=O) groups is 1. The molecule has 0 saturated heterocycles. The third-order valence-electron chi connectivity index (χ3n) is 2.97. The van der Waals surface area contributed by atoms with Crippen molar-refractivity contribution in [1.82, 2.24) is 0 Å². The number of para-hydroxylation sites is 1. The Kier molecular flexibility index (Phi) is 4.74. The van der Waals surface area contributed by atoms with Crippen LogP contribution >= 0.6 is 0 Å². The number of amides is 1. The first-order chi connectivity index (χ1) is 9.70. The fourth-order valence-electron chi connectivity index (χ4n) is 1.88. The number of benzene rings is 2. The zero-order valence-electron chi connectivity index (χ0n) is 11.3. The molecule has 0 unspecified atom stereocenters. The van der Waals surface area contributed by atoms with E-state index in [4.69, 9.17) is 4.74 Å². The molecular weight excluding hydrogens is 254 g/mol. The van der Waals surface area contributed by atoms with E-state index >= 15 is 0 Å². The minimum absolute atomic E-state index is 0.141. The first-order valence-electron chi connectivity index (χ1n) is 6.38. The Morgan fingerprint density at radius 3 is 2.55 bits per heavy atom. The second-order valence-electron chi connectivity index (χ2n) is 4.40. The van der Waals surface area contributed by atoms with Crippen LogP contribution in [0, 0.1) is 0 Å². The predicted octanol–water partition coefficient (Wildman–Crippen LogP) is 2.83. The molecule has 104 valence electrons. The van der Waals surface area contributed by atoms with E-state index in [2.05, 4.69) is 5.32 Å². The summed E-state index contributed by atoms with van der Waals surface area (Å²) in [6.07, 6.45) is 0.739. The molecule has 1 amide bonds. The first kappa shape index (κ1) is 14.1. The van der Waals surface area contributed by atoms with Gasteiger partial charge in [-0.05, 0) is 42.3 Å². The highest BCUT2D eigenvalue weighted by atomic mass is 16.5. The molecule has 0 bridgehead atoms. The number of ether oxygens (including phenoxy) is 1. The second-order valence-corrected chi connectivity index (χ2v) is 4.40. The number of aromatic hydroxyl groups is 1. The third-order valence-corrected chi connectivity index (χ3v) is 2.97. The zero-order valence-corrected chi connectivity index (χ0v) is 11.3. The van der Waals surface area contributed by atoms with E-state index in [0.717, 1.165) is 17.7 Å². The third kappa shape index (κ3) is 3.59. The number of hydrogen-bond donors (Lipinski definition) is 2. The molecule has 0 saturated carbocycles. The van der Waals surface area contributed by atoms with Crippen molar-refractivity contribution in [3.8, 4) is 5.75 Å². The Hall–Kier alpha value is -2.33. The summed E-state index contributed by atoms with van der Waals surface area (Å²) in [6, 6.07) is 13.8. The van der Waals surface area contributed by atoms with Crippen LogP contribution < -0.4 is 5.32 Å². The summed E-state index contributed by atoms with van der Waals surface area (Å²) < 4.78 is 5.06. The van der Waals surface area contributed by atoms with Crippen molar-refractivity contribution in [3.05, 3.63) is 59.7 Å². The van der Waals surface area contributed by atoms with E-state index in [-0.39, 0.29) is 11.7 Å². The molecular formula is C16H17NO3. The Bertz CT molecular complexity index is 579. The van der Waals surface area contributed by atoms with Gasteiger partial charge in [-0.15, -0.1) is 0 Å². The fraction of sp³-hybridized carbons (Fsp3) is 0.188. The molecule has 0 heterocycles. The number of carbonyl (C=O) groups excluding carboxylic acids is 1. The van der Waals surface area contributed by atoms with Crippen LogP contribution in [0.4, 0.5) is 5.69 Å². The Morgan fingerprint density at radius 2 is 1.85 bits per heavy atom. The minimum Gasteiger partial charge on any atom is -0.508 e. The van der Waals surface area contributed by atoms with E-state index in [9.17, 15) is 9.90 Å². The molecule has 0 spiro atoms. The fourth-order valence-corrected chi connectivity index (χ4v) is 1.88. The zero-order chi connectivity index (χ0) is 14.4. The summed E-state index contributed by atoms with van der Waals surface area (Å²) in [4.78, 5) is 12.1. The van der Waals surface area contributed by atoms with Crippen molar-refractivity contribution in [2.75, 3.05) is 19.0 Å². The van der Waals surface area contributed by atoms with Crippen LogP contribution in [0.3, 0.4) is 0 Å². The monoisotopic (exact) mass is 271 g/mol. The molecule has 2 rings (SSSR count). The number of hydrogen-bond acceptors (Lipinski definition) is 3. The normalized spacial score (nSPS) is 10.2. The van der Waals surface area contributed by atoms with Crippen LogP contribution in [0.25, 0.3) is 0 Å². The van der Waals surface area contributed by atoms with Crippen molar-refractivity contribution in [1.29, 1.82) is 0 Å². The van der Waals surface area contributed by atoms with Crippen molar-refractivity contribution in [2.24, 2.45) is 0 Å². The van der Waals surface area contributed by atoms with Crippen LogP contribution in [0.5, 0.6) is 5.75 Å². The molecule has 2 N–H and O–H groups in total. The van der Waals surface area contributed by atoms with Crippen molar-refractivity contribution >= 4 is 11.6 Å². The molecule has 2 aromatic carbocycles. The van der Waals surface area contributed by atoms with Crippen molar-refractivity contribution in [2.45, 2.75) is 6.42 Å². The molecule has 0 fully saturated rings. The van der Waals surface area contributed by atoms with Crippen molar-refractivity contribution in [3.63, 3.8) is 0 Å². The molecule has 2 aromatic rings. The number of phenolic OH excluding ortho intramolecular Hbond substituents is 1. The molecule has 0 aromatic heterocycles. The van der Waals surface area contributed by atoms with E-state index < -0.39 is 0 Å². The van der Waals surface area contributed by atoms with Gasteiger partial charge in [0.1, 0.15) is 5.75 Å². The summed E-state index contributed by atoms with van der Waals surface area (Å²) in [7, 11) is 1.65. The number of anilines is 1. The topological polar surface area (TPSA) is 58.6 Å². The number of methoxy groups -OCH3 is 1. The van der Waals surface area contributed by atoms with Crippen LogP contribution in [0.1, 0.15) is 15.9 Å². The maximum absolute atomic E-state index is 12.1. The standard InChI is InChI=1S/C16H17NO3/c1-20-11-10-12-4-2-3-5-15(12)17-16(19)13-6-8-14(18)9-7-13/h2-9,18H,10-11H2,1H3,(H,17,19). The average Bonchev–Trinajstić information content (AvgIpc) is 2.47. The first-order valence-corrected chi connectivity index (χ1v) is 6.38. The van der Waals surface area contributed by atoms with Gasteiger partial charge in [-0.2, -0.15) is 0 Å². The molecule has 0 aliphatic heterocycles. The average molecular weight is 271 g/mol. The highest BCUT2D eigenvalue weighted by molar-refractivity contribution is 6.04. The van der Waals surface area contributed by atoms with Crippen molar-refractivity contribution < 1.29 is 14.6 Å². The molecule has 0 radical (unpaired) electrons. The summed E-state index contributed by atoms with van der Waals surface area (Å²) >= 11 is 0. The molecule has 4 heteroatoms. The Labute approximate surface area is 118 Å². The largest absolute Gasteiger partial charge is 0.508 e. The molecule has 0 aliphatic carbocycles. The van der Waals surface area contributed by atoms with E-state index in [1.54, 1.807) is 19.2 Å². The maximum Gasteiger partial charge on any atom is 0.255 e. The molecule has 0 atom stereocenters. The lowest BCUT2D eigenvalue weighted by Crippen LogP contribution is -2.13. The van der Waals surface area contributed by atoms with Gasteiger partial charge < -0.3 is 15.2 Å². The van der Waals surface area contributed by atoms with E-state index in [1.165, 1.54) is 12.1 Å². The second kappa shape index (κ2) is 6.73. The number of rotatable bonds is 5. The lowest BCUT2D eigenvalue weighted by molar-refractivity contribution is 0.102. The summed E-state index contributed by atoms with van der Waals surface area (Å²) in [6.45, 7) is 0.603. The summed E-state index contributed by atoms with van der Waals surface area (Å²) in [5.74, 6) is -0.0584. The van der Waals surface area contributed by atoms with Crippen LogP contribution in [0.2, 0.25) is 0 Å². The summed E-state index contributed by atoms with van der Waals surface area (Å²) in [5, 5.41) is 12.1. The predicted molar refractivity (Wildman–Crippen MR) is 78.1 cm³/mol. The van der Waals surface area contributed by atoms with Crippen LogP contribution in [-0.4, -0.2) is 24.7 Å². The Balaban J connectivity index is 2.13. The van der Waals surface area contributed by atoms with Gasteiger partial charge in [-0.3, -0.25) is 4.79 Å². The van der Waals surface area contributed by atoms with Crippen LogP contribution in [-0.2, 0) is 11.2 Å². The SMILES string of the molecule is COCCc1ccccc1NC(=O)c1ccc(O)cc1. The van der Waals surface area contributed by atoms with Crippen LogP contribution in [0.15, 0.2) is 48.5 Å². The van der Waals surface area contributed by atoms with Gasteiger partial charge in [0.15, 0.2) is 0 Å². The van der Waals surface area contributed by atoms with Gasteiger partial charge in [0, 0.05) is 18.4 Å². The smallest absolute Gasteiger partial charge is 0.255 e. The molecule has 0 aliphatic rings. The lowest BCUT2D eigenvalue weighted by Gasteiger charge is -2.11.